The van der Waals surface area contributed by atoms with Crippen LogP contribution in [0.2, 0.25) is 0 Å². The minimum atomic E-state index is -1.33. The van der Waals surface area contributed by atoms with E-state index >= 15 is 0 Å². The Balaban J connectivity index is 1.99. The lowest BCUT2D eigenvalue weighted by atomic mass is 9.75. The molecule has 0 unspecified atom stereocenters. The van der Waals surface area contributed by atoms with Crippen LogP contribution in [0, 0.1) is 0 Å². The molecule has 1 aliphatic heterocycles. The number of hydrogen-bond acceptors (Lipinski definition) is 4. The Morgan fingerprint density at radius 2 is 2.08 bits per heavy atom. The fourth-order valence-electron chi connectivity index (χ4n) is 3.46. The van der Waals surface area contributed by atoms with Gasteiger partial charge in [-0.2, -0.15) is 0 Å². The molecule has 6 nitrogen and oxygen atoms in total. The van der Waals surface area contributed by atoms with Crippen LogP contribution in [0.1, 0.15) is 44.9 Å². The summed E-state index contributed by atoms with van der Waals surface area (Å²) in [6.45, 7) is 6.63. The molecule has 1 aromatic heterocycles. The van der Waals surface area contributed by atoms with Crippen molar-refractivity contribution in [2.45, 2.75) is 50.2 Å². The van der Waals surface area contributed by atoms with Gasteiger partial charge in [0.2, 0.25) is 0 Å². The third kappa shape index (κ3) is 2.91. The number of fused-ring (bicyclic) bond motifs is 2. The first kappa shape index (κ1) is 17.2. The first-order valence-corrected chi connectivity index (χ1v) is 9.27. The maximum absolute atomic E-state index is 12.6. The van der Waals surface area contributed by atoms with Crippen LogP contribution in [0.4, 0.5) is 4.79 Å². The van der Waals surface area contributed by atoms with E-state index in [2.05, 4.69) is 9.38 Å². The van der Waals surface area contributed by atoms with Crippen LogP contribution in [0.25, 0.3) is 0 Å². The number of amides is 1. The zero-order valence-electron chi connectivity index (χ0n) is 14.3. The van der Waals surface area contributed by atoms with E-state index in [4.69, 9.17) is 0 Å². The number of rotatable bonds is 1. The van der Waals surface area contributed by atoms with Crippen molar-refractivity contribution in [1.29, 1.82) is 0 Å². The molecule has 1 fully saturated rings. The Kier molecular flexibility index (Phi) is 4.34. The van der Waals surface area contributed by atoms with E-state index in [1.165, 1.54) is 4.90 Å². The van der Waals surface area contributed by atoms with Gasteiger partial charge in [-0.15, -0.1) is 0 Å². The van der Waals surface area contributed by atoms with Gasteiger partial charge in [0.05, 0.1) is 16.8 Å². The highest BCUT2D eigenvalue weighted by atomic mass is 32.2. The summed E-state index contributed by atoms with van der Waals surface area (Å²) >= 11 is -1.33. The van der Waals surface area contributed by atoms with Crippen LogP contribution in [0.15, 0.2) is 22.7 Å². The molecule has 1 N–H and O–H groups in total. The highest BCUT2D eigenvalue weighted by Gasteiger charge is 2.49. The maximum Gasteiger partial charge on any atom is 0.407 e. The largest absolute Gasteiger partial charge is 0.591 e. The van der Waals surface area contributed by atoms with E-state index < -0.39 is 22.2 Å². The van der Waals surface area contributed by atoms with E-state index in [-0.39, 0.29) is 5.41 Å². The van der Waals surface area contributed by atoms with Gasteiger partial charge in [0.15, 0.2) is 0 Å². The predicted octanol–water partition coefficient (Wildman–Crippen LogP) is 2.55. The molecule has 2 heterocycles. The van der Waals surface area contributed by atoms with Crippen LogP contribution in [-0.2, 0) is 23.2 Å². The smallest absolute Gasteiger partial charge is 0.407 e. The minimum Gasteiger partial charge on any atom is -0.591 e. The number of carboxylic acid groups (broad SMARTS) is 1. The Bertz CT molecular complexity index is 676. The lowest BCUT2D eigenvalue weighted by Gasteiger charge is -2.38. The number of likely N-dealkylation sites (tertiary alicyclic amines) is 1. The molecule has 2 aliphatic rings. The number of carbonyl (C=O) groups is 1. The van der Waals surface area contributed by atoms with Crippen molar-refractivity contribution in [1.82, 2.24) is 9.88 Å². The molecule has 1 aliphatic carbocycles. The van der Waals surface area contributed by atoms with E-state index in [9.17, 15) is 14.5 Å². The van der Waals surface area contributed by atoms with Crippen molar-refractivity contribution in [3.63, 3.8) is 0 Å². The molecular formula is C17H23N3O3S. The van der Waals surface area contributed by atoms with Crippen LogP contribution in [-0.4, -0.2) is 49.2 Å². The molecule has 0 radical (unpaired) electrons. The highest BCUT2D eigenvalue weighted by molar-refractivity contribution is 7.91. The van der Waals surface area contributed by atoms with Gasteiger partial charge >= 0.3 is 6.09 Å². The molecule has 7 heteroatoms. The molecular weight excluding hydrogens is 326 g/mol. The van der Waals surface area contributed by atoms with Crippen molar-refractivity contribution >= 4 is 23.2 Å². The van der Waals surface area contributed by atoms with Crippen molar-refractivity contribution < 1.29 is 14.5 Å². The molecule has 1 spiro atoms. The zero-order valence-corrected chi connectivity index (χ0v) is 15.1. The molecule has 3 rings (SSSR count). The summed E-state index contributed by atoms with van der Waals surface area (Å²) in [4.78, 5) is 17.2. The van der Waals surface area contributed by atoms with Crippen molar-refractivity contribution in [3.05, 3.63) is 29.6 Å². The van der Waals surface area contributed by atoms with Crippen LogP contribution >= 0.6 is 0 Å². The molecule has 0 bridgehead atoms. The highest BCUT2D eigenvalue weighted by Crippen LogP contribution is 2.44. The summed E-state index contributed by atoms with van der Waals surface area (Å²) < 4.78 is 16.7. The summed E-state index contributed by atoms with van der Waals surface area (Å²) in [6, 6.07) is 3.94. The Hall–Kier alpha value is -1.60. The minimum absolute atomic E-state index is 0.372. The number of hydrogen-bond donors (Lipinski definition) is 1. The van der Waals surface area contributed by atoms with Gasteiger partial charge in [0.25, 0.3) is 0 Å². The van der Waals surface area contributed by atoms with Crippen molar-refractivity contribution in [3.8, 4) is 0 Å². The summed E-state index contributed by atoms with van der Waals surface area (Å²) in [7, 11) is 0. The first-order chi connectivity index (χ1) is 11.2. The third-order valence-electron chi connectivity index (χ3n) is 4.86. The van der Waals surface area contributed by atoms with Crippen molar-refractivity contribution in [2.24, 2.45) is 4.40 Å². The SMILES string of the molecule is CC(C)(C)[S@@+]([O-])/N=C1/Cc2cccnc2C12CCN(C(=O)O)CC2. The van der Waals surface area contributed by atoms with Gasteiger partial charge in [0.1, 0.15) is 16.1 Å². The second-order valence-corrected chi connectivity index (χ2v) is 9.34. The van der Waals surface area contributed by atoms with Gasteiger partial charge in [0, 0.05) is 25.7 Å². The lowest BCUT2D eigenvalue weighted by Crippen LogP contribution is -2.48. The van der Waals surface area contributed by atoms with Crippen molar-refractivity contribution in [2.75, 3.05) is 13.1 Å². The van der Waals surface area contributed by atoms with E-state index in [1.54, 1.807) is 6.20 Å². The zero-order chi connectivity index (χ0) is 17.5. The predicted molar refractivity (Wildman–Crippen MR) is 93.8 cm³/mol. The summed E-state index contributed by atoms with van der Waals surface area (Å²) in [6.07, 6.45) is 2.82. The Morgan fingerprint density at radius 1 is 1.42 bits per heavy atom. The molecule has 1 amide bonds. The topological polar surface area (TPSA) is 88.9 Å². The monoisotopic (exact) mass is 349 g/mol. The normalized spacial score (nSPS) is 22.7. The average Bonchev–Trinajstić information content (AvgIpc) is 2.81. The van der Waals surface area contributed by atoms with Gasteiger partial charge in [-0.05, 0) is 45.2 Å². The fraction of sp³-hybridized carbons (Fsp3) is 0.588. The van der Waals surface area contributed by atoms with Crippen LogP contribution in [0.5, 0.6) is 0 Å². The summed E-state index contributed by atoms with van der Waals surface area (Å²) in [5.41, 5.74) is 2.63. The molecule has 0 saturated carbocycles. The molecule has 1 atom stereocenters. The average molecular weight is 349 g/mol. The third-order valence-corrected chi connectivity index (χ3v) is 6.29. The van der Waals surface area contributed by atoms with Crippen LogP contribution < -0.4 is 0 Å². The lowest BCUT2D eigenvalue weighted by molar-refractivity contribution is 0.126. The van der Waals surface area contributed by atoms with Gasteiger partial charge in [-0.25, -0.2) is 4.79 Å². The molecule has 24 heavy (non-hydrogen) atoms. The standard InChI is InChI=1S/C17H23N3O3S/c1-16(2,3)24(23)19-13-11-12-5-4-8-18-14(12)17(13)6-9-20(10-7-17)15(21)22/h4-5,8H,6-7,9-11H2,1-3H3,(H,21,22)/b19-13-/t24-/m1/s1. The van der Waals surface area contributed by atoms with E-state index in [0.717, 1.165) is 17.0 Å². The molecule has 130 valence electrons. The van der Waals surface area contributed by atoms with E-state index in [1.807, 2.05) is 32.9 Å². The quantitative estimate of drug-likeness (QED) is 0.789. The first-order valence-electron chi connectivity index (χ1n) is 8.16. The van der Waals surface area contributed by atoms with Gasteiger partial charge < -0.3 is 14.6 Å². The Morgan fingerprint density at radius 3 is 2.67 bits per heavy atom. The van der Waals surface area contributed by atoms with E-state index in [0.29, 0.717) is 32.4 Å². The summed E-state index contributed by atoms with van der Waals surface area (Å²) in [5, 5.41) is 9.21. The van der Waals surface area contributed by atoms with Gasteiger partial charge in [-0.1, -0.05) is 10.5 Å². The molecule has 0 aromatic carbocycles. The number of nitrogens with zero attached hydrogens (tertiary/aromatic N) is 3. The molecule has 1 saturated heterocycles. The number of pyridine rings is 1. The number of aromatic nitrogens is 1. The van der Waals surface area contributed by atoms with Crippen LogP contribution in [0.3, 0.4) is 0 Å². The Labute approximate surface area is 145 Å². The molecule has 1 aromatic rings. The maximum atomic E-state index is 12.6. The fourth-order valence-corrected chi connectivity index (χ4v) is 4.17. The summed E-state index contributed by atoms with van der Waals surface area (Å²) in [5.74, 6) is 0. The number of piperidine rings is 1. The second kappa shape index (κ2) is 6.04. The second-order valence-electron chi connectivity index (χ2n) is 7.44. The van der Waals surface area contributed by atoms with Gasteiger partial charge in [-0.3, -0.25) is 4.98 Å².